The molecule has 4 nitrogen and oxygen atoms in total. The lowest BCUT2D eigenvalue weighted by Gasteiger charge is -2.17. The minimum Gasteiger partial charge on any atom is -0.341 e. The van der Waals surface area contributed by atoms with Crippen LogP contribution in [0.3, 0.4) is 0 Å². The molecule has 0 unspecified atom stereocenters. The molecule has 4 heteroatoms. The van der Waals surface area contributed by atoms with Gasteiger partial charge in [-0.2, -0.15) is 0 Å². The second kappa shape index (κ2) is 4.68. The average molecular weight is 221 g/mol. The molecule has 1 saturated heterocycles. The molecule has 16 heavy (non-hydrogen) atoms. The maximum absolute atomic E-state index is 12.0. The summed E-state index contributed by atoms with van der Waals surface area (Å²) in [5, 5.41) is 0. The molecule has 1 aliphatic heterocycles. The molecular weight excluding hydrogens is 202 g/mol. The number of carbonyl (C=O) groups excluding carboxylic acids is 1. The number of amides is 1. The first kappa shape index (κ1) is 11.2. The normalized spacial score (nSPS) is 16.1. The second-order valence-corrected chi connectivity index (χ2v) is 4.66. The lowest BCUT2D eigenvalue weighted by Crippen LogP contribution is -2.31. The number of hydrogen-bond donors (Lipinski definition) is 0. The van der Waals surface area contributed by atoms with E-state index in [0.717, 1.165) is 31.8 Å². The van der Waals surface area contributed by atoms with Gasteiger partial charge in [0.2, 0.25) is 5.91 Å². The van der Waals surface area contributed by atoms with Crippen LogP contribution in [0.1, 0.15) is 38.4 Å². The molecule has 2 rings (SSSR count). The highest BCUT2D eigenvalue weighted by molar-refractivity contribution is 5.76. The zero-order valence-corrected chi connectivity index (χ0v) is 10.0. The van der Waals surface area contributed by atoms with Gasteiger partial charge in [-0.25, -0.2) is 4.98 Å². The van der Waals surface area contributed by atoms with E-state index in [0.29, 0.717) is 12.5 Å². The average Bonchev–Trinajstić information content (AvgIpc) is 2.86. The molecular formula is C12H19N3O. The predicted octanol–water partition coefficient (Wildman–Crippen LogP) is 1.63. The van der Waals surface area contributed by atoms with Crippen LogP contribution < -0.4 is 0 Å². The van der Waals surface area contributed by atoms with E-state index in [1.807, 2.05) is 15.7 Å². The van der Waals surface area contributed by atoms with Gasteiger partial charge in [0.15, 0.2) is 0 Å². The third kappa shape index (κ3) is 2.26. The van der Waals surface area contributed by atoms with Gasteiger partial charge in [0.05, 0.1) is 0 Å². The van der Waals surface area contributed by atoms with Crippen molar-refractivity contribution in [2.75, 3.05) is 13.1 Å². The van der Waals surface area contributed by atoms with Crippen LogP contribution in [-0.4, -0.2) is 33.4 Å². The number of carbonyl (C=O) groups is 1. The van der Waals surface area contributed by atoms with Crippen molar-refractivity contribution in [2.45, 2.75) is 39.2 Å². The Balaban J connectivity index is 2.02. The monoisotopic (exact) mass is 221 g/mol. The molecule has 0 aromatic carbocycles. The zero-order chi connectivity index (χ0) is 11.5. The van der Waals surface area contributed by atoms with Gasteiger partial charge in [0.25, 0.3) is 0 Å². The van der Waals surface area contributed by atoms with E-state index in [1.165, 1.54) is 0 Å². The van der Waals surface area contributed by atoms with Crippen molar-refractivity contribution < 1.29 is 4.79 Å². The highest BCUT2D eigenvalue weighted by Gasteiger charge is 2.19. The number of nitrogens with zero attached hydrogens (tertiary/aromatic N) is 3. The summed E-state index contributed by atoms with van der Waals surface area (Å²) < 4.78 is 1.96. The summed E-state index contributed by atoms with van der Waals surface area (Å²) in [6.45, 7) is 6.47. The molecule has 1 aliphatic rings. The fourth-order valence-electron chi connectivity index (χ4n) is 2.17. The molecule has 88 valence electrons. The molecule has 1 fully saturated rings. The molecule has 0 atom stereocenters. The fourth-order valence-corrected chi connectivity index (χ4v) is 2.17. The molecule has 0 spiro atoms. The first-order valence-corrected chi connectivity index (χ1v) is 5.97. The molecule has 0 bridgehead atoms. The van der Waals surface area contributed by atoms with Crippen molar-refractivity contribution >= 4 is 5.91 Å². The Labute approximate surface area is 96.3 Å². The van der Waals surface area contributed by atoms with Gasteiger partial charge in [-0.05, 0) is 12.8 Å². The van der Waals surface area contributed by atoms with Gasteiger partial charge >= 0.3 is 0 Å². The van der Waals surface area contributed by atoms with Crippen molar-refractivity contribution in [1.29, 1.82) is 0 Å². The third-order valence-electron chi connectivity index (χ3n) is 3.03. The third-order valence-corrected chi connectivity index (χ3v) is 3.03. The highest BCUT2D eigenvalue weighted by atomic mass is 16.2. The Morgan fingerprint density at radius 1 is 1.44 bits per heavy atom. The number of hydrogen-bond acceptors (Lipinski definition) is 2. The maximum atomic E-state index is 12.0. The van der Waals surface area contributed by atoms with Gasteiger partial charge in [-0.15, -0.1) is 0 Å². The zero-order valence-electron chi connectivity index (χ0n) is 10.0. The van der Waals surface area contributed by atoms with Crippen LogP contribution in [-0.2, 0) is 11.3 Å². The number of imidazole rings is 1. The van der Waals surface area contributed by atoms with Crippen LogP contribution in [0.4, 0.5) is 0 Å². The molecule has 0 radical (unpaired) electrons. The van der Waals surface area contributed by atoms with Crippen molar-refractivity contribution in [3.63, 3.8) is 0 Å². The Hall–Kier alpha value is -1.32. The van der Waals surface area contributed by atoms with Gasteiger partial charge < -0.3 is 9.47 Å². The Morgan fingerprint density at radius 2 is 2.12 bits per heavy atom. The van der Waals surface area contributed by atoms with Gasteiger partial charge in [-0.1, -0.05) is 13.8 Å². The Bertz CT molecular complexity index is 364. The number of likely N-dealkylation sites (tertiary alicyclic amines) is 1. The van der Waals surface area contributed by atoms with Crippen LogP contribution >= 0.6 is 0 Å². The summed E-state index contributed by atoms with van der Waals surface area (Å²) in [4.78, 5) is 18.2. The molecule has 2 heterocycles. The highest BCUT2D eigenvalue weighted by Crippen LogP contribution is 2.13. The van der Waals surface area contributed by atoms with Crippen molar-refractivity contribution in [3.8, 4) is 0 Å². The summed E-state index contributed by atoms with van der Waals surface area (Å²) in [6.07, 6.45) is 5.95. The number of rotatable bonds is 3. The molecule has 1 aromatic heterocycles. The molecule has 0 aliphatic carbocycles. The van der Waals surface area contributed by atoms with E-state index in [2.05, 4.69) is 18.8 Å². The second-order valence-electron chi connectivity index (χ2n) is 4.66. The predicted molar refractivity (Wildman–Crippen MR) is 62.1 cm³/mol. The SMILES string of the molecule is CC(C)c1nccn1CC(=O)N1CCCC1. The molecule has 0 N–H and O–H groups in total. The first-order valence-electron chi connectivity index (χ1n) is 5.97. The lowest BCUT2D eigenvalue weighted by atomic mass is 10.2. The minimum atomic E-state index is 0.220. The smallest absolute Gasteiger partial charge is 0.242 e. The lowest BCUT2D eigenvalue weighted by molar-refractivity contribution is -0.130. The molecule has 1 amide bonds. The first-order chi connectivity index (χ1) is 7.68. The summed E-state index contributed by atoms with van der Waals surface area (Å²) in [6, 6.07) is 0. The van der Waals surface area contributed by atoms with Gasteiger partial charge in [-0.3, -0.25) is 4.79 Å². The summed E-state index contributed by atoms with van der Waals surface area (Å²) in [5.41, 5.74) is 0. The van der Waals surface area contributed by atoms with E-state index in [4.69, 9.17) is 0 Å². The van der Waals surface area contributed by atoms with Crippen LogP contribution in [0.2, 0.25) is 0 Å². The van der Waals surface area contributed by atoms with E-state index < -0.39 is 0 Å². The number of aromatic nitrogens is 2. The van der Waals surface area contributed by atoms with Crippen LogP contribution in [0, 0.1) is 0 Å². The molecule has 1 aromatic rings. The Kier molecular flexibility index (Phi) is 3.27. The largest absolute Gasteiger partial charge is 0.341 e. The van der Waals surface area contributed by atoms with E-state index >= 15 is 0 Å². The van der Waals surface area contributed by atoms with Crippen LogP contribution in [0.25, 0.3) is 0 Å². The van der Waals surface area contributed by atoms with Crippen molar-refractivity contribution in [1.82, 2.24) is 14.5 Å². The maximum Gasteiger partial charge on any atom is 0.242 e. The van der Waals surface area contributed by atoms with E-state index in [-0.39, 0.29) is 5.91 Å². The van der Waals surface area contributed by atoms with Crippen LogP contribution in [0.15, 0.2) is 12.4 Å². The topological polar surface area (TPSA) is 38.1 Å². The molecule has 0 saturated carbocycles. The Morgan fingerprint density at radius 3 is 2.75 bits per heavy atom. The van der Waals surface area contributed by atoms with Crippen LogP contribution in [0.5, 0.6) is 0 Å². The summed E-state index contributed by atoms with van der Waals surface area (Å²) in [7, 11) is 0. The minimum absolute atomic E-state index is 0.220. The van der Waals surface area contributed by atoms with E-state index in [9.17, 15) is 4.79 Å². The quantitative estimate of drug-likeness (QED) is 0.778. The van der Waals surface area contributed by atoms with Crippen molar-refractivity contribution in [3.05, 3.63) is 18.2 Å². The summed E-state index contributed by atoms with van der Waals surface area (Å²) >= 11 is 0. The van der Waals surface area contributed by atoms with Gasteiger partial charge in [0, 0.05) is 31.4 Å². The van der Waals surface area contributed by atoms with Gasteiger partial charge in [0.1, 0.15) is 12.4 Å². The standard InChI is InChI=1S/C12H19N3O/c1-10(2)12-13-5-8-15(12)9-11(16)14-6-3-4-7-14/h5,8,10H,3-4,6-7,9H2,1-2H3. The summed E-state index contributed by atoms with van der Waals surface area (Å²) in [5.74, 6) is 1.58. The van der Waals surface area contributed by atoms with Crippen molar-refractivity contribution in [2.24, 2.45) is 0 Å². The fraction of sp³-hybridized carbons (Fsp3) is 0.667. The van der Waals surface area contributed by atoms with E-state index in [1.54, 1.807) is 6.20 Å².